The third kappa shape index (κ3) is 2.98. The van der Waals surface area contributed by atoms with E-state index in [1.165, 1.54) is 19.3 Å². The first-order valence-corrected chi connectivity index (χ1v) is 8.63. The molecule has 0 amide bonds. The highest BCUT2D eigenvalue weighted by Gasteiger charge is 2.39. The van der Waals surface area contributed by atoms with Crippen LogP contribution >= 0.6 is 0 Å². The fourth-order valence-corrected chi connectivity index (χ4v) is 3.38. The van der Waals surface area contributed by atoms with Crippen molar-refractivity contribution in [3.63, 3.8) is 0 Å². The third-order valence-electron chi connectivity index (χ3n) is 5.07. The SMILES string of the molecule is NC1(c2noc(-c3ccc(OC4CCCCC4)cc3)n2)CCC1. The predicted molar refractivity (Wildman–Crippen MR) is 87.0 cm³/mol. The number of hydrogen-bond acceptors (Lipinski definition) is 5. The van der Waals surface area contributed by atoms with Crippen LogP contribution in [-0.4, -0.2) is 16.2 Å². The van der Waals surface area contributed by atoms with E-state index in [-0.39, 0.29) is 5.54 Å². The van der Waals surface area contributed by atoms with Gasteiger partial charge >= 0.3 is 0 Å². The summed E-state index contributed by atoms with van der Waals surface area (Å²) in [6.45, 7) is 0. The smallest absolute Gasteiger partial charge is 0.257 e. The second-order valence-corrected chi connectivity index (χ2v) is 6.84. The molecule has 0 radical (unpaired) electrons. The lowest BCUT2D eigenvalue weighted by molar-refractivity contribution is 0.155. The summed E-state index contributed by atoms with van der Waals surface area (Å²) in [7, 11) is 0. The van der Waals surface area contributed by atoms with Gasteiger partial charge in [0.15, 0.2) is 5.82 Å². The first-order chi connectivity index (χ1) is 11.2. The van der Waals surface area contributed by atoms with Crippen LogP contribution in [0, 0.1) is 0 Å². The molecule has 1 aromatic heterocycles. The molecule has 1 heterocycles. The van der Waals surface area contributed by atoms with Gasteiger partial charge in [0.2, 0.25) is 0 Å². The van der Waals surface area contributed by atoms with Crippen molar-refractivity contribution in [3.05, 3.63) is 30.1 Å². The van der Waals surface area contributed by atoms with E-state index in [4.69, 9.17) is 15.0 Å². The van der Waals surface area contributed by atoms with Crippen LogP contribution in [-0.2, 0) is 5.54 Å². The van der Waals surface area contributed by atoms with Crippen molar-refractivity contribution in [3.8, 4) is 17.2 Å². The third-order valence-corrected chi connectivity index (χ3v) is 5.07. The monoisotopic (exact) mass is 313 g/mol. The van der Waals surface area contributed by atoms with Crippen LogP contribution in [0.15, 0.2) is 28.8 Å². The van der Waals surface area contributed by atoms with Gasteiger partial charge in [0.1, 0.15) is 5.75 Å². The molecule has 2 saturated carbocycles. The first-order valence-electron chi connectivity index (χ1n) is 8.63. The van der Waals surface area contributed by atoms with Crippen molar-refractivity contribution in [2.45, 2.75) is 63.0 Å². The Hall–Kier alpha value is -1.88. The van der Waals surface area contributed by atoms with Crippen LogP contribution in [0.1, 0.15) is 57.2 Å². The first kappa shape index (κ1) is 14.7. The van der Waals surface area contributed by atoms with Crippen LogP contribution in [0.3, 0.4) is 0 Å². The molecule has 5 heteroatoms. The van der Waals surface area contributed by atoms with E-state index < -0.39 is 0 Å². The van der Waals surface area contributed by atoms with Crippen LogP contribution in [0.5, 0.6) is 5.75 Å². The summed E-state index contributed by atoms with van der Waals surface area (Å²) in [4.78, 5) is 4.48. The molecule has 0 bridgehead atoms. The molecule has 4 rings (SSSR count). The van der Waals surface area contributed by atoms with E-state index in [9.17, 15) is 0 Å². The maximum absolute atomic E-state index is 6.24. The lowest BCUT2D eigenvalue weighted by Gasteiger charge is -2.34. The van der Waals surface area contributed by atoms with Gasteiger partial charge in [-0.15, -0.1) is 0 Å². The molecule has 122 valence electrons. The van der Waals surface area contributed by atoms with E-state index >= 15 is 0 Å². The molecule has 0 spiro atoms. The lowest BCUT2D eigenvalue weighted by Crippen LogP contribution is -2.44. The number of hydrogen-bond donors (Lipinski definition) is 1. The van der Waals surface area contributed by atoms with Gasteiger partial charge in [0, 0.05) is 5.56 Å². The maximum atomic E-state index is 6.24. The molecule has 2 fully saturated rings. The highest BCUT2D eigenvalue weighted by Crippen LogP contribution is 2.37. The minimum Gasteiger partial charge on any atom is -0.490 e. The van der Waals surface area contributed by atoms with E-state index in [2.05, 4.69) is 10.1 Å². The number of ether oxygens (including phenoxy) is 1. The zero-order valence-electron chi connectivity index (χ0n) is 13.3. The van der Waals surface area contributed by atoms with Crippen molar-refractivity contribution in [2.24, 2.45) is 5.73 Å². The van der Waals surface area contributed by atoms with Gasteiger partial charge in [-0.3, -0.25) is 0 Å². The Labute approximate surface area is 136 Å². The van der Waals surface area contributed by atoms with Gasteiger partial charge < -0.3 is 15.0 Å². The molecule has 23 heavy (non-hydrogen) atoms. The molecule has 0 atom stereocenters. The van der Waals surface area contributed by atoms with Crippen molar-refractivity contribution in [2.75, 3.05) is 0 Å². The van der Waals surface area contributed by atoms with Gasteiger partial charge in [-0.25, -0.2) is 0 Å². The van der Waals surface area contributed by atoms with E-state index in [0.29, 0.717) is 17.8 Å². The van der Waals surface area contributed by atoms with Crippen LogP contribution in [0.25, 0.3) is 11.5 Å². The number of nitrogens with two attached hydrogens (primary N) is 1. The second-order valence-electron chi connectivity index (χ2n) is 6.84. The van der Waals surface area contributed by atoms with Gasteiger partial charge in [-0.1, -0.05) is 11.6 Å². The molecule has 2 N–H and O–H groups in total. The Morgan fingerprint density at radius 1 is 1.04 bits per heavy atom. The molecular weight excluding hydrogens is 290 g/mol. The minimum atomic E-state index is -0.383. The second kappa shape index (κ2) is 5.96. The fourth-order valence-electron chi connectivity index (χ4n) is 3.38. The van der Waals surface area contributed by atoms with Crippen molar-refractivity contribution < 1.29 is 9.26 Å². The van der Waals surface area contributed by atoms with Gasteiger partial charge in [-0.05, 0) is 69.2 Å². The highest BCUT2D eigenvalue weighted by atomic mass is 16.5. The van der Waals surface area contributed by atoms with Crippen LogP contribution < -0.4 is 10.5 Å². The fraction of sp³-hybridized carbons (Fsp3) is 0.556. The summed E-state index contributed by atoms with van der Waals surface area (Å²) < 4.78 is 11.4. The predicted octanol–water partition coefficient (Wildman–Crippen LogP) is 3.79. The molecule has 2 aliphatic carbocycles. The molecule has 0 unspecified atom stereocenters. The average Bonchev–Trinajstić information content (AvgIpc) is 3.05. The standard InChI is InChI=1S/C18H23N3O2/c19-18(11-4-12-18)17-20-16(23-21-17)13-7-9-15(10-8-13)22-14-5-2-1-3-6-14/h7-10,14H,1-6,11-12,19H2. The Kier molecular flexibility index (Phi) is 3.81. The zero-order valence-corrected chi connectivity index (χ0v) is 13.3. The number of rotatable bonds is 4. The largest absolute Gasteiger partial charge is 0.490 e. The summed E-state index contributed by atoms with van der Waals surface area (Å²) in [5, 5.41) is 4.06. The average molecular weight is 313 g/mol. The number of benzene rings is 1. The Balaban J connectivity index is 1.45. The maximum Gasteiger partial charge on any atom is 0.257 e. The van der Waals surface area contributed by atoms with E-state index in [1.807, 2.05) is 24.3 Å². The van der Waals surface area contributed by atoms with Gasteiger partial charge in [0.05, 0.1) is 11.6 Å². The minimum absolute atomic E-state index is 0.361. The summed E-state index contributed by atoms with van der Waals surface area (Å²) in [5.74, 6) is 2.07. The summed E-state index contributed by atoms with van der Waals surface area (Å²) >= 11 is 0. The van der Waals surface area contributed by atoms with Gasteiger partial charge in [-0.2, -0.15) is 4.98 Å². The van der Waals surface area contributed by atoms with Gasteiger partial charge in [0.25, 0.3) is 5.89 Å². The van der Waals surface area contributed by atoms with Crippen molar-refractivity contribution in [1.82, 2.24) is 10.1 Å². The Morgan fingerprint density at radius 2 is 1.78 bits per heavy atom. The van der Waals surface area contributed by atoms with Crippen LogP contribution in [0.4, 0.5) is 0 Å². The topological polar surface area (TPSA) is 74.2 Å². The van der Waals surface area contributed by atoms with Crippen molar-refractivity contribution in [1.29, 1.82) is 0 Å². The molecule has 0 saturated heterocycles. The Bertz CT molecular complexity index is 655. The molecule has 2 aliphatic rings. The quantitative estimate of drug-likeness (QED) is 0.929. The summed E-state index contributed by atoms with van der Waals surface area (Å²) in [6, 6.07) is 7.91. The Morgan fingerprint density at radius 3 is 2.43 bits per heavy atom. The molecule has 1 aromatic carbocycles. The number of nitrogens with zero attached hydrogens (tertiary/aromatic N) is 2. The molecule has 2 aromatic rings. The van der Waals surface area contributed by atoms with E-state index in [1.54, 1.807) is 0 Å². The molecular formula is C18H23N3O2. The zero-order chi connectivity index (χ0) is 15.7. The lowest BCUT2D eigenvalue weighted by atomic mass is 9.77. The summed E-state index contributed by atoms with van der Waals surface area (Å²) in [5.41, 5.74) is 6.76. The normalized spacial score (nSPS) is 20.9. The van der Waals surface area contributed by atoms with Crippen LogP contribution in [0.2, 0.25) is 0 Å². The van der Waals surface area contributed by atoms with E-state index in [0.717, 1.165) is 43.4 Å². The number of aromatic nitrogens is 2. The van der Waals surface area contributed by atoms with Crippen molar-refractivity contribution >= 4 is 0 Å². The molecule has 5 nitrogen and oxygen atoms in total. The summed E-state index contributed by atoms with van der Waals surface area (Å²) in [6.07, 6.45) is 9.55. The molecule has 0 aliphatic heterocycles. The highest BCUT2D eigenvalue weighted by molar-refractivity contribution is 5.54.